The number of nitrogens with one attached hydrogen (secondary N) is 1. The van der Waals surface area contributed by atoms with Crippen LogP contribution in [-0.4, -0.2) is 29.0 Å². The molecule has 2 amide bonds. The highest BCUT2D eigenvalue weighted by molar-refractivity contribution is 5.91. The van der Waals surface area contributed by atoms with E-state index in [0.717, 1.165) is 11.1 Å². The van der Waals surface area contributed by atoms with E-state index in [4.69, 9.17) is 0 Å². The molecule has 0 fully saturated rings. The number of nitrogens with zero attached hydrogens (tertiary/aromatic N) is 2. The number of carbonyl (C=O) groups excluding carboxylic acids is 2. The number of hydrogen-bond acceptors (Lipinski definition) is 4. The number of rotatable bonds is 2. The van der Waals surface area contributed by atoms with Crippen molar-refractivity contribution >= 4 is 17.8 Å². The van der Waals surface area contributed by atoms with Crippen LogP contribution in [0.15, 0.2) is 42.6 Å². The number of ether oxygens (including phenoxy) is 1. The van der Waals surface area contributed by atoms with Gasteiger partial charge in [0.05, 0.1) is 12.7 Å². The van der Waals surface area contributed by atoms with Gasteiger partial charge in [-0.1, -0.05) is 24.3 Å². The van der Waals surface area contributed by atoms with E-state index in [1.807, 2.05) is 24.3 Å². The number of urea groups is 1. The normalized spacial score (nSPS) is 12.7. The smallest absolute Gasteiger partial charge is 0.339 e. The lowest BCUT2D eigenvalue weighted by atomic mass is 10.1. The van der Waals surface area contributed by atoms with E-state index in [0.29, 0.717) is 24.5 Å². The molecule has 0 spiro atoms. The molecule has 6 heteroatoms. The molecule has 3 rings (SSSR count). The Morgan fingerprint density at radius 2 is 1.82 bits per heavy atom. The van der Waals surface area contributed by atoms with Crippen LogP contribution in [0.5, 0.6) is 0 Å². The summed E-state index contributed by atoms with van der Waals surface area (Å²) in [6.07, 6.45) is 1.38. The van der Waals surface area contributed by atoms with Gasteiger partial charge in [-0.05, 0) is 23.3 Å². The SMILES string of the molecule is COC(=O)c1ccc(NC(=O)N2Cc3ccccc3C2)nc1. The van der Waals surface area contributed by atoms with Gasteiger partial charge in [-0.25, -0.2) is 14.6 Å². The van der Waals surface area contributed by atoms with Crippen LogP contribution in [0, 0.1) is 0 Å². The van der Waals surface area contributed by atoms with E-state index in [9.17, 15) is 9.59 Å². The molecule has 0 aliphatic carbocycles. The van der Waals surface area contributed by atoms with Crippen LogP contribution >= 0.6 is 0 Å². The van der Waals surface area contributed by atoms with Gasteiger partial charge in [0.15, 0.2) is 0 Å². The molecule has 0 saturated heterocycles. The minimum Gasteiger partial charge on any atom is -0.465 e. The Morgan fingerprint density at radius 1 is 1.14 bits per heavy atom. The van der Waals surface area contributed by atoms with Gasteiger partial charge in [0.2, 0.25) is 0 Å². The summed E-state index contributed by atoms with van der Waals surface area (Å²) in [5, 5.41) is 2.73. The number of anilines is 1. The van der Waals surface area contributed by atoms with Crippen molar-refractivity contribution in [2.45, 2.75) is 13.1 Å². The van der Waals surface area contributed by atoms with Crippen LogP contribution in [0.1, 0.15) is 21.5 Å². The second kappa shape index (κ2) is 5.85. The van der Waals surface area contributed by atoms with Crippen LogP contribution < -0.4 is 5.32 Å². The van der Waals surface area contributed by atoms with Crippen LogP contribution in [0.3, 0.4) is 0 Å². The minimum absolute atomic E-state index is 0.213. The van der Waals surface area contributed by atoms with Gasteiger partial charge in [0.1, 0.15) is 5.82 Å². The fourth-order valence-electron chi connectivity index (χ4n) is 2.37. The molecule has 22 heavy (non-hydrogen) atoms. The van der Waals surface area contributed by atoms with E-state index in [1.165, 1.54) is 13.3 Å². The topological polar surface area (TPSA) is 71.5 Å². The van der Waals surface area contributed by atoms with Crippen LogP contribution in [0.2, 0.25) is 0 Å². The maximum absolute atomic E-state index is 12.2. The molecule has 1 aliphatic rings. The number of aromatic nitrogens is 1. The van der Waals surface area contributed by atoms with Crippen LogP contribution in [0.25, 0.3) is 0 Å². The molecule has 1 aromatic heterocycles. The van der Waals surface area contributed by atoms with Crippen molar-refractivity contribution in [3.63, 3.8) is 0 Å². The number of fused-ring (bicyclic) bond motifs is 1. The number of methoxy groups -OCH3 is 1. The average Bonchev–Trinajstić information content (AvgIpc) is 2.99. The quantitative estimate of drug-likeness (QED) is 0.864. The van der Waals surface area contributed by atoms with Gasteiger partial charge >= 0.3 is 12.0 Å². The molecule has 1 aliphatic heterocycles. The van der Waals surface area contributed by atoms with E-state index >= 15 is 0 Å². The summed E-state index contributed by atoms with van der Waals surface area (Å²) < 4.78 is 4.60. The summed E-state index contributed by atoms with van der Waals surface area (Å²) in [4.78, 5) is 29.3. The monoisotopic (exact) mass is 297 g/mol. The summed E-state index contributed by atoms with van der Waals surface area (Å²) in [6, 6.07) is 10.9. The first-order valence-electron chi connectivity index (χ1n) is 6.84. The zero-order valence-electron chi connectivity index (χ0n) is 12.1. The molecular formula is C16H15N3O3. The fourth-order valence-corrected chi connectivity index (χ4v) is 2.37. The molecule has 2 aromatic rings. The molecular weight excluding hydrogens is 282 g/mol. The Kier molecular flexibility index (Phi) is 3.74. The number of esters is 1. The predicted molar refractivity (Wildman–Crippen MR) is 80.3 cm³/mol. The summed E-state index contributed by atoms with van der Waals surface area (Å²) in [7, 11) is 1.31. The zero-order valence-corrected chi connectivity index (χ0v) is 12.1. The Hall–Kier alpha value is -2.89. The Labute approximate surface area is 127 Å². The van der Waals surface area contributed by atoms with Crippen LogP contribution in [0.4, 0.5) is 10.6 Å². The molecule has 1 N–H and O–H groups in total. The summed E-state index contributed by atoms with van der Waals surface area (Å²) >= 11 is 0. The summed E-state index contributed by atoms with van der Waals surface area (Å²) in [5.41, 5.74) is 2.66. The first-order valence-corrected chi connectivity index (χ1v) is 6.84. The first-order chi connectivity index (χ1) is 10.7. The largest absolute Gasteiger partial charge is 0.465 e. The van der Waals surface area contributed by atoms with Crippen molar-refractivity contribution in [1.29, 1.82) is 0 Å². The Morgan fingerprint density at radius 3 is 2.36 bits per heavy atom. The Bertz CT molecular complexity index is 688. The molecule has 6 nitrogen and oxygen atoms in total. The number of pyridine rings is 1. The third-order valence-corrected chi connectivity index (χ3v) is 3.55. The van der Waals surface area contributed by atoms with E-state index in [-0.39, 0.29) is 6.03 Å². The highest BCUT2D eigenvalue weighted by atomic mass is 16.5. The third kappa shape index (κ3) is 2.76. The molecule has 0 bridgehead atoms. The van der Waals surface area contributed by atoms with Gasteiger partial charge in [0, 0.05) is 19.3 Å². The lowest BCUT2D eigenvalue weighted by Gasteiger charge is -2.16. The number of amides is 2. The highest BCUT2D eigenvalue weighted by Gasteiger charge is 2.23. The molecule has 2 heterocycles. The maximum Gasteiger partial charge on any atom is 0.339 e. The Balaban J connectivity index is 1.64. The third-order valence-electron chi connectivity index (χ3n) is 3.55. The molecule has 0 saturated carbocycles. The van der Waals surface area contributed by atoms with Crippen molar-refractivity contribution < 1.29 is 14.3 Å². The second-order valence-electron chi connectivity index (χ2n) is 4.98. The molecule has 112 valence electrons. The number of carbonyl (C=O) groups is 2. The molecule has 0 atom stereocenters. The van der Waals surface area contributed by atoms with Crippen molar-refractivity contribution in [2.75, 3.05) is 12.4 Å². The standard InChI is InChI=1S/C16H15N3O3/c1-22-15(20)11-6-7-14(17-8-11)18-16(21)19-9-12-4-2-3-5-13(12)10-19/h2-8H,9-10H2,1H3,(H,17,18,21). The van der Waals surface area contributed by atoms with E-state index < -0.39 is 5.97 Å². The molecule has 1 aromatic carbocycles. The fraction of sp³-hybridized carbons (Fsp3) is 0.188. The summed E-state index contributed by atoms with van der Waals surface area (Å²) in [6.45, 7) is 1.17. The number of benzene rings is 1. The second-order valence-corrected chi connectivity index (χ2v) is 4.98. The molecule has 0 unspecified atom stereocenters. The van der Waals surface area contributed by atoms with Crippen molar-refractivity contribution in [1.82, 2.24) is 9.88 Å². The van der Waals surface area contributed by atoms with Crippen molar-refractivity contribution in [3.8, 4) is 0 Å². The summed E-state index contributed by atoms with van der Waals surface area (Å²) in [5.74, 6) is -0.0611. The number of hydrogen-bond donors (Lipinski definition) is 1. The van der Waals surface area contributed by atoms with E-state index in [2.05, 4.69) is 15.0 Å². The zero-order chi connectivity index (χ0) is 15.5. The average molecular weight is 297 g/mol. The van der Waals surface area contributed by atoms with Crippen molar-refractivity contribution in [2.24, 2.45) is 0 Å². The van der Waals surface area contributed by atoms with Gasteiger partial charge in [-0.3, -0.25) is 5.32 Å². The van der Waals surface area contributed by atoms with Crippen molar-refractivity contribution in [3.05, 3.63) is 59.3 Å². The highest BCUT2D eigenvalue weighted by Crippen LogP contribution is 2.22. The predicted octanol–water partition coefficient (Wildman–Crippen LogP) is 2.42. The molecule has 0 radical (unpaired) electrons. The van der Waals surface area contributed by atoms with Crippen LogP contribution in [-0.2, 0) is 17.8 Å². The van der Waals surface area contributed by atoms with Gasteiger partial charge < -0.3 is 9.64 Å². The lowest BCUT2D eigenvalue weighted by Crippen LogP contribution is -2.30. The van der Waals surface area contributed by atoms with Gasteiger partial charge in [-0.15, -0.1) is 0 Å². The minimum atomic E-state index is -0.458. The maximum atomic E-state index is 12.2. The van der Waals surface area contributed by atoms with E-state index in [1.54, 1.807) is 17.0 Å². The lowest BCUT2D eigenvalue weighted by molar-refractivity contribution is 0.0600. The van der Waals surface area contributed by atoms with Gasteiger partial charge in [0.25, 0.3) is 0 Å². The first kappa shape index (κ1) is 14.1. The van der Waals surface area contributed by atoms with Gasteiger partial charge in [-0.2, -0.15) is 0 Å².